The molecule has 0 bridgehead atoms. The molecule has 5 nitrogen and oxygen atoms in total. The second-order valence-electron chi connectivity index (χ2n) is 5.75. The van der Waals surface area contributed by atoms with E-state index in [0.29, 0.717) is 22.6 Å². The zero-order chi connectivity index (χ0) is 18.7. The molecule has 0 spiro atoms. The van der Waals surface area contributed by atoms with Crippen molar-refractivity contribution in [2.45, 2.75) is 6.92 Å². The number of aromatic amines is 1. The zero-order valence-corrected chi connectivity index (χ0v) is 14.8. The van der Waals surface area contributed by atoms with Crippen molar-refractivity contribution in [2.24, 2.45) is 0 Å². The van der Waals surface area contributed by atoms with Crippen LogP contribution in [0.15, 0.2) is 48.0 Å². The minimum Gasteiger partial charge on any atom is -0.493 e. The van der Waals surface area contributed by atoms with E-state index in [2.05, 4.69) is 4.98 Å². The lowest BCUT2D eigenvalue weighted by molar-refractivity contribution is 0.104. The quantitative estimate of drug-likeness (QED) is 0.425. The number of nitriles is 1. The van der Waals surface area contributed by atoms with E-state index in [1.165, 1.54) is 20.3 Å². The molecule has 0 aliphatic carbocycles. The predicted octanol–water partition coefficient (Wildman–Crippen LogP) is 4.28. The third-order valence-electron chi connectivity index (χ3n) is 4.22. The summed E-state index contributed by atoms with van der Waals surface area (Å²) in [6.07, 6.45) is 1.53. The van der Waals surface area contributed by atoms with Crippen molar-refractivity contribution < 1.29 is 14.3 Å². The molecule has 3 rings (SSSR count). The molecule has 1 aromatic heterocycles. The minimum atomic E-state index is -0.327. The minimum absolute atomic E-state index is 0.0319. The van der Waals surface area contributed by atoms with E-state index in [-0.39, 0.29) is 11.4 Å². The number of benzene rings is 2. The van der Waals surface area contributed by atoms with Crippen molar-refractivity contribution in [3.05, 3.63) is 64.9 Å². The zero-order valence-electron chi connectivity index (χ0n) is 14.8. The van der Waals surface area contributed by atoms with Gasteiger partial charge in [-0.15, -0.1) is 0 Å². The Morgan fingerprint density at radius 2 is 1.88 bits per heavy atom. The number of rotatable bonds is 5. The van der Waals surface area contributed by atoms with E-state index >= 15 is 0 Å². The Bertz CT molecular complexity index is 1050. The second-order valence-corrected chi connectivity index (χ2v) is 5.75. The van der Waals surface area contributed by atoms with Gasteiger partial charge in [0.15, 0.2) is 11.5 Å². The molecule has 1 N–H and O–H groups in total. The molecule has 0 aliphatic heterocycles. The Hall–Kier alpha value is -3.52. The maximum absolute atomic E-state index is 13.0. The monoisotopic (exact) mass is 346 g/mol. The summed E-state index contributed by atoms with van der Waals surface area (Å²) in [5.74, 6) is 0.688. The van der Waals surface area contributed by atoms with Gasteiger partial charge in [-0.25, -0.2) is 0 Å². The first-order valence-corrected chi connectivity index (χ1v) is 8.05. The van der Waals surface area contributed by atoms with Crippen molar-refractivity contribution in [1.29, 1.82) is 5.26 Å². The van der Waals surface area contributed by atoms with Gasteiger partial charge in [0.1, 0.15) is 11.6 Å². The van der Waals surface area contributed by atoms with Crippen LogP contribution in [0.2, 0.25) is 0 Å². The van der Waals surface area contributed by atoms with Crippen molar-refractivity contribution >= 4 is 22.8 Å². The Balaban J connectivity index is 2.12. The van der Waals surface area contributed by atoms with Gasteiger partial charge >= 0.3 is 0 Å². The lowest BCUT2D eigenvalue weighted by Gasteiger charge is -2.10. The summed E-state index contributed by atoms with van der Waals surface area (Å²) in [6.45, 7) is 1.83. The highest BCUT2D eigenvalue weighted by molar-refractivity contribution is 6.20. The number of ketones is 1. The van der Waals surface area contributed by atoms with Gasteiger partial charge in [0.25, 0.3) is 0 Å². The topological polar surface area (TPSA) is 75.1 Å². The van der Waals surface area contributed by atoms with Crippen LogP contribution in [0.4, 0.5) is 0 Å². The molecule has 0 aliphatic rings. The van der Waals surface area contributed by atoms with Gasteiger partial charge in [0.05, 0.1) is 19.8 Å². The molecule has 1 heterocycles. The number of Topliss-reactive ketones (excluding diaryl/α,β-unsaturated/α-hetero) is 1. The number of allylic oxidation sites excluding steroid dienone is 1. The molecule has 26 heavy (non-hydrogen) atoms. The van der Waals surface area contributed by atoms with Crippen LogP contribution in [0, 0.1) is 18.3 Å². The van der Waals surface area contributed by atoms with Crippen molar-refractivity contribution in [3.63, 3.8) is 0 Å². The van der Waals surface area contributed by atoms with Gasteiger partial charge in [-0.3, -0.25) is 4.79 Å². The highest BCUT2D eigenvalue weighted by Crippen LogP contribution is 2.33. The number of aromatic nitrogens is 1. The Kier molecular flexibility index (Phi) is 4.76. The number of fused-ring (bicyclic) bond motifs is 1. The fourth-order valence-electron chi connectivity index (χ4n) is 3.03. The van der Waals surface area contributed by atoms with Gasteiger partial charge in [-0.05, 0) is 25.1 Å². The number of ether oxygens (including phenoxy) is 2. The van der Waals surface area contributed by atoms with E-state index < -0.39 is 0 Å². The fraction of sp³-hybridized carbons (Fsp3) is 0.143. The van der Waals surface area contributed by atoms with E-state index in [1.54, 1.807) is 18.2 Å². The van der Waals surface area contributed by atoms with Crippen molar-refractivity contribution in [2.75, 3.05) is 14.2 Å². The van der Waals surface area contributed by atoms with Crippen LogP contribution in [-0.2, 0) is 0 Å². The van der Waals surface area contributed by atoms with Gasteiger partial charge < -0.3 is 14.5 Å². The molecule has 0 radical (unpaired) electrons. The lowest BCUT2D eigenvalue weighted by Crippen LogP contribution is -2.03. The molecular weight excluding hydrogens is 328 g/mol. The first kappa shape index (κ1) is 17.3. The summed E-state index contributed by atoms with van der Waals surface area (Å²) in [5, 5.41) is 10.4. The third-order valence-corrected chi connectivity index (χ3v) is 4.22. The average Bonchev–Trinajstić information content (AvgIpc) is 3.00. The molecule has 0 saturated carbocycles. The molecular formula is C21H18N2O3. The molecule has 5 heteroatoms. The number of nitrogens with one attached hydrogen (secondary N) is 1. The third kappa shape index (κ3) is 2.93. The average molecular weight is 346 g/mol. The molecule has 3 aromatic rings. The van der Waals surface area contributed by atoms with E-state index in [4.69, 9.17) is 9.47 Å². The van der Waals surface area contributed by atoms with Crippen LogP contribution >= 0.6 is 0 Å². The van der Waals surface area contributed by atoms with Gasteiger partial charge in [0, 0.05) is 22.2 Å². The van der Waals surface area contributed by atoms with Crippen molar-refractivity contribution in [3.8, 4) is 17.6 Å². The van der Waals surface area contributed by atoms with Gasteiger partial charge in [-0.1, -0.05) is 30.3 Å². The summed E-state index contributed by atoms with van der Waals surface area (Å²) in [5.41, 5.74) is 2.74. The first-order chi connectivity index (χ1) is 12.6. The number of nitrogens with zero attached hydrogens (tertiary/aromatic N) is 1. The van der Waals surface area contributed by atoms with Crippen LogP contribution in [0.25, 0.3) is 17.0 Å². The SMILES string of the molecule is COc1cccc(/C=C(\C#N)C(=O)c2c(C)[nH]c3ccccc23)c1OC. The van der Waals surface area contributed by atoms with E-state index in [0.717, 1.165) is 16.6 Å². The van der Waals surface area contributed by atoms with Gasteiger partial charge in [0.2, 0.25) is 5.78 Å². The smallest absolute Gasteiger partial charge is 0.205 e. The number of hydrogen-bond acceptors (Lipinski definition) is 4. The Morgan fingerprint density at radius 1 is 1.12 bits per heavy atom. The predicted molar refractivity (Wildman–Crippen MR) is 101 cm³/mol. The van der Waals surface area contributed by atoms with Crippen LogP contribution in [0.5, 0.6) is 11.5 Å². The molecule has 0 fully saturated rings. The van der Waals surface area contributed by atoms with Crippen LogP contribution in [0.3, 0.4) is 0 Å². The van der Waals surface area contributed by atoms with Crippen LogP contribution < -0.4 is 9.47 Å². The molecule has 2 aromatic carbocycles. The van der Waals surface area contributed by atoms with Crippen LogP contribution in [-0.4, -0.2) is 25.0 Å². The van der Waals surface area contributed by atoms with Gasteiger partial charge in [-0.2, -0.15) is 5.26 Å². The second kappa shape index (κ2) is 7.16. The Labute approximate surface area is 151 Å². The highest BCUT2D eigenvalue weighted by atomic mass is 16.5. The van der Waals surface area contributed by atoms with Crippen molar-refractivity contribution in [1.82, 2.24) is 4.98 Å². The largest absolute Gasteiger partial charge is 0.493 e. The summed E-state index contributed by atoms with van der Waals surface area (Å²) < 4.78 is 10.7. The number of aryl methyl sites for hydroxylation is 1. The normalized spacial score (nSPS) is 11.2. The number of methoxy groups -OCH3 is 2. The number of hydrogen-bond donors (Lipinski definition) is 1. The summed E-state index contributed by atoms with van der Waals surface area (Å²) in [7, 11) is 3.06. The van der Waals surface area contributed by atoms with E-state index in [9.17, 15) is 10.1 Å². The molecule has 0 unspecified atom stereocenters. The maximum atomic E-state index is 13.0. The maximum Gasteiger partial charge on any atom is 0.205 e. The number of H-pyrrole nitrogens is 1. The number of carbonyl (C=O) groups excluding carboxylic acids is 1. The summed E-state index contributed by atoms with van der Waals surface area (Å²) in [6, 6.07) is 14.9. The number of para-hydroxylation sites is 2. The molecule has 0 saturated heterocycles. The summed E-state index contributed by atoms with van der Waals surface area (Å²) in [4.78, 5) is 16.2. The Morgan fingerprint density at radius 3 is 2.58 bits per heavy atom. The first-order valence-electron chi connectivity index (χ1n) is 8.05. The van der Waals surface area contributed by atoms with E-state index in [1.807, 2.05) is 37.3 Å². The standard InChI is InChI=1S/C21H18N2O3/c1-13-19(16-8-4-5-9-17(16)23-13)20(24)15(12-22)11-14-7-6-10-18(25-2)21(14)26-3/h4-11,23H,1-3H3/b15-11+. The summed E-state index contributed by atoms with van der Waals surface area (Å²) >= 11 is 0. The molecule has 0 atom stereocenters. The molecule has 130 valence electrons. The lowest BCUT2D eigenvalue weighted by atomic mass is 9.99. The highest BCUT2D eigenvalue weighted by Gasteiger charge is 2.20. The molecule has 0 amide bonds. The number of carbonyl (C=O) groups is 1. The van der Waals surface area contributed by atoms with Crippen LogP contribution in [0.1, 0.15) is 21.6 Å². The fourth-order valence-corrected chi connectivity index (χ4v) is 3.03.